The Balaban J connectivity index is 2.15. The van der Waals surface area contributed by atoms with Gasteiger partial charge in [0.05, 0.1) is 11.4 Å². The average Bonchev–Trinajstić information content (AvgIpc) is 2.94. The van der Waals surface area contributed by atoms with Crippen molar-refractivity contribution in [2.24, 2.45) is 0 Å². The number of carbonyl (C=O) groups is 1. The quantitative estimate of drug-likeness (QED) is 0.886. The summed E-state index contributed by atoms with van der Waals surface area (Å²) in [5.74, 6) is -0.0721. The fourth-order valence-corrected chi connectivity index (χ4v) is 2.83. The topological polar surface area (TPSA) is 43.3 Å². The molecule has 88 valence electrons. The molecule has 2 aromatic rings. The van der Waals surface area contributed by atoms with Gasteiger partial charge < -0.3 is 14.6 Å². The second kappa shape index (κ2) is 4.01. The molecule has 0 saturated heterocycles. The van der Waals surface area contributed by atoms with Gasteiger partial charge >= 0.3 is 0 Å². The van der Waals surface area contributed by atoms with Crippen LogP contribution in [0.3, 0.4) is 0 Å². The molecule has 17 heavy (non-hydrogen) atoms. The number of nitrogens with one attached hydrogen (secondary N) is 1. The highest BCUT2D eigenvalue weighted by atomic mass is 32.1. The first-order valence-corrected chi connectivity index (χ1v) is 6.37. The zero-order valence-corrected chi connectivity index (χ0v) is 10.2. The van der Waals surface area contributed by atoms with Crippen LogP contribution in [0.2, 0.25) is 0 Å². The largest absolute Gasteiger partial charge is 0.353 e. The summed E-state index contributed by atoms with van der Waals surface area (Å²) in [5.41, 5.74) is 1.88. The third kappa shape index (κ3) is 1.59. The van der Waals surface area contributed by atoms with E-state index < -0.39 is 0 Å². The summed E-state index contributed by atoms with van der Waals surface area (Å²) in [6.07, 6.45) is 1.58. The van der Waals surface area contributed by atoms with Crippen LogP contribution in [0.15, 0.2) is 29.8 Å². The van der Waals surface area contributed by atoms with Crippen molar-refractivity contribution in [2.45, 2.75) is 13.2 Å². The molecule has 3 rings (SSSR count). The van der Waals surface area contributed by atoms with Crippen molar-refractivity contribution >= 4 is 17.2 Å². The third-order valence-electron chi connectivity index (χ3n) is 2.75. The van der Waals surface area contributed by atoms with Crippen molar-refractivity contribution in [3.63, 3.8) is 0 Å². The number of thiophene rings is 1. The second-order valence-electron chi connectivity index (χ2n) is 3.75. The van der Waals surface area contributed by atoms with Crippen molar-refractivity contribution in [1.82, 2.24) is 9.88 Å². The highest BCUT2D eigenvalue weighted by Crippen LogP contribution is 2.29. The maximum absolute atomic E-state index is 12.0. The van der Waals surface area contributed by atoms with Crippen molar-refractivity contribution in [2.75, 3.05) is 6.61 Å². The number of ether oxygens (including phenoxy) is 1. The van der Waals surface area contributed by atoms with Gasteiger partial charge in [0.25, 0.3) is 5.91 Å². The summed E-state index contributed by atoms with van der Waals surface area (Å²) in [4.78, 5) is 12.8. The Morgan fingerprint density at radius 1 is 1.53 bits per heavy atom. The van der Waals surface area contributed by atoms with E-state index in [0.29, 0.717) is 6.61 Å². The molecule has 2 aromatic heterocycles. The van der Waals surface area contributed by atoms with E-state index in [1.54, 1.807) is 0 Å². The van der Waals surface area contributed by atoms with E-state index in [1.165, 1.54) is 11.3 Å². The van der Waals surface area contributed by atoms with Crippen LogP contribution in [0.25, 0.3) is 5.69 Å². The summed E-state index contributed by atoms with van der Waals surface area (Å²) in [5, 5.41) is 4.82. The molecule has 1 atom stereocenters. The van der Waals surface area contributed by atoms with Crippen LogP contribution in [0.5, 0.6) is 0 Å². The van der Waals surface area contributed by atoms with Crippen molar-refractivity contribution < 1.29 is 9.53 Å². The van der Waals surface area contributed by atoms with Gasteiger partial charge in [-0.05, 0) is 30.5 Å². The molecule has 1 unspecified atom stereocenters. The van der Waals surface area contributed by atoms with Crippen LogP contribution in [-0.2, 0) is 4.74 Å². The minimum atomic E-state index is -0.373. The minimum Gasteiger partial charge on any atom is -0.353 e. The predicted octanol–water partition coefficient (Wildman–Crippen LogP) is 2.32. The van der Waals surface area contributed by atoms with E-state index >= 15 is 0 Å². The zero-order valence-electron chi connectivity index (χ0n) is 9.34. The van der Waals surface area contributed by atoms with Gasteiger partial charge in [-0.1, -0.05) is 0 Å². The smallest absolute Gasteiger partial charge is 0.265 e. The van der Waals surface area contributed by atoms with Gasteiger partial charge in [-0.3, -0.25) is 4.79 Å². The summed E-state index contributed by atoms with van der Waals surface area (Å²) in [6.45, 7) is 2.48. The van der Waals surface area contributed by atoms with Gasteiger partial charge in [-0.2, -0.15) is 0 Å². The molecular weight excluding hydrogens is 236 g/mol. The molecule has 0 aliphatic carbocycles. The molecule has 1 amide bonds. The first kappa shape index (κ1) is 10.6. The zero-order chi connectivity index (χ0) is 11.8. The number of rotatable bonds is 2. The van der Waals surface area contributed by atoms with Crippen molar-refractivity contribution in [3.05, 3.63) is 40.3 Å². The molecule has 0 fully saturated rings. The Bertz CT molecular complexity index is 558. The molecule has 0 bridgehead atoms. The average molecular weight is 248 g/mol. The van der Waals surface area contributed by atoms with Crippen LogP contribution >= 0.6 is 11.3 Å². The highest BCUT2D eigenvalue weighted by molar-refractivity contribution is 7.12. The number of hydrogen-bond acceptors (Lipinski definition) is 3. The van der Waals surface area contributed by atoms with E-state index in [4.69, 9.17) is 4.74 Å². The first-order valence-electron chi connectivity index (χ1n) is 5.49. The molecule has 5 heteroatoms. The van der Waals surface area contributed by atoms with E-state index in [-0.39, 0.29) is 12.1 Å². The number of hydrogen-bond donors (Lipinski definition) is 1. The summed E-state index contributed by atoms with van der Waals surface area (Å²) in [6, 6.07) is 5.88. The molecule has 0 aromatic carbocycles. The van der Waals surface area contributed by atoms with Gasteiger partial charge in [0.2, 0.25) is 0 Å². The van der Waals surface area contributed by atoms with Crippen LogP contribution in [0.1, 0.15) is 28.5 Å². The number of nitrogens with zero attached hydrogens (tertiary/aromatic N) is 1. The molecule has 1 aliphatic heterocycles. The molecule has 0 saturated carbocycles. The number of fused-ring (bicyclic) bond motifs is 3. The first-order chi connectivity index (χ1) is 8.31. The predicted molar refractivity (Wildman–Crippen MR) is 65.5 cm³/mol. The monoisotopic (exact) mass is 248 g/mol. The third-order valence-corrected chi connectivity index (χ3v) is 3.66. The molecule has 0 radical (unpaired) electrons. The SMILES string of the molecule is CCOC1NC(=O)c2sccc2-n2cccc21. The minimum absolute atomic E-state index is 0.0721. The van der Waals surface area contributed by atoms with Gasteiger partial charge in [0, 0.05) is 12.8 Å². The molecule has 3 heterocycles. The fourth-order valence-electron chi connectivity index (χ4n) is 2.04. The Labute approximate surface area is 103 Å². The lowest BCUT2D eigenvalue weighted by Gasteiger charge is -2.16. The summed E-state index contributed by atoms with van der Waals surface area (Å²) >= 11 is 1.45. The van der Waals surface area contributed by atoms with Crippen LogP contribution in [-0.4, -0.2) is 17.1 Å². The molecule has 4 nitrogen and oxygen atoms in total. The lowest BCUT2D eigenvalue weighted by atomic mass is 10.3. The molecule has 0 spiro atoms. The van der Waals surface area contributed by atoms with Crippen LogP contribution in [0, 0.1) is 0 Å². The maximum atomic E-state index is 12.0. The van der Waals surface area contributed by atoms with E-state index in [1.807, 2.05) is 41.3 Å². The number of amides is 1. The van der Waals surface area contributed by atoms with E-state index in [2.05, 4.69) is 5.32 Å². The van der Waals surface area contributed by atoms with Gasteiger partial charge in [-0.15, -0.1) is 11.3 Å². The second-order valence-corrected chi connectivity index (χ2v) is 4.66. The molecule has 1 N–H and O–H groups in total. The Morgan fingerprint density at radius 3 is 3.24 bits per heavy atom. The van der Waals surface area contributed by atoms with E-state index in [9.17, 15) is 4.79 Å². The number of carbonyl (C=O) groups excluding carboxylic acids is 1. The lowest BCUT2D eigenvalue weighted by molar-refractivity contribution is 0.0317. The van der Waals surface area contributed by atoms with Gasteiger partial charge in [-0.25, -0.2) is 0 Å². The Kier molecular flexibility index (Phi) is 2.49. The van der Waals surface area contributed by atoms with Crippen molar-refractivity contribution in [3.8, 4) is 5.69 Å². The Hall–Kier alpha value is -1.59. The standard InChI is InChI=1S/C12H12N2O2S/c1-2-16-12-9-4-3-6-14(9)8-5-7-17-10(8)11(15)13-12/h3-7,12H,2H2,1H3,(H,13,15). The normalized spacial score (nSPS) is 18.2. The lowest BCUT2D eigenvalue weighted by Crippen LogP contribution is -2.28. The van der Waals surface area contributed by atoms with E-state index in [0.717, 1.165) is 16.3 Å². The maximum Gasteiger partial charge on any atom is 0.265 e. The number of aromatic nitrogens is 1. The van der Waals surface area contributed by atoms with Crippen LogP contribution in [0.4, 0.5) is 0 Å². The van der Waals surface area contributed by atoms with Crippen molar-refractivity contribution in [1.29, 1.82) is 0 Å². The fraction of sp³-hybridized carbons (Fsp3) is 0.250. The van der Waals surface area contributed by atoms with Crippen LogP contribution < -0.4 is 5.32 Å². The highest BCUT2D eigenvalue weighted by Gasteiger charge is 2.27. The Morgan fingerprint density at radius 2 is 2.41 bits per heavy atom. The molecule has 1 aliphatic rings. The summed E-state index contributed by atoms with van der Waals surface area (Å²) < 4.78 is 7.57. The molecular formula is C12H12N2O2S. The van der Waals surface area contributed by atoms with Gasteiger partial charge in [0.15, 0.2) is 6.23 Å². The summed E-state index contributed by atoms with van der Waals surface area (Å²) in [7, 11) is 0. The van der Waals surface area contributed by atoms with Gasteiger partial charge in [0.1, 0.15) is 4.88 Å².